The highest BCUT2D eigenvalue weighted by atomic mass is 32.2. The first kappa shape index (κ1) is 17.0. The van der Waals surface area contributed by atoms with Crippen molar-refractivity contribution < 1.29 is 9.53 Å². The summed E-state index contributed by atoms with van der Waals surface area (Å²) in [6.45, 7) is 6.39. The molecule has 2 N–H and O–H groups in total. The van der Waals surface area contributed by atoms with Crippen LogP contribution in [0.15, 0.2) is 24.3 Å². The molecule has 20 heavy (non-hydrogen) atoms. The van der Waals surface area contributed by atoms with E-state index in [0.717, 1.165) is 16.9 Å². The van der Waals surface area contributed by atoms with Crippen LogP contribution >= 0.6 is 24.0 Å². The lowest BCUT2D eigenvalue weighted by molar-refractivity contribution is -0.143. The standard InChI is InChI=1S/C15H21NO2S2/c1-10(2)8-18-15(17)11(3)20-9-12-4-6-13(7-5-12)14(16)19/h4-7,10-11H,8-9H2,1-3H3,(H2,16,19). The van der Waals surface area contributed by atoms with Crippen LogP contribution in [0.25, 0.3) is 0 Å². The van der Waals surface area contributed by atoms with Crippen molar-refractivity contribution in [3.63, 3.8) is 0 Å². The molecule has 0 saturated carbocycles. The number of hydrogen-bond donors (Lipinski definition) is 1. The molecule has 0 aliphatic heterocycles. The SMILES string of the molecule is CC(C)COC(=O)C(C)SCc1ccc(C(N)=S)cc1. The molecule has 5 heteroatoms. The second-order valence-corrected chi connectivity index (χ2v) is 6.81. The summed E-state index contributed by atoms with van der Waals surface area (Å²) in [7, 11) is 0. The number of esters is 1. The van der Waals surface area contributed by atoms with Crippen LogP contribution in [0.1, 0.15) is 31.9 Å². The zero-order chi connectivity index (χ0) is 15.1. The van der Waals surface area contributed by atoms with E-state index in [2.05, 4.69) is 0 Å². The first-order valence-corrected chi connectivity index (χ1v) is 8.02. The third-order valence-electron chi connectivity index (χ3n) is 2.63. The number of thioether (sulfide) groups is 1. The highest BCUT2D eigenvalue weighted by Gasteiger charge is 2.15. The van der Waals surface area contributed by atoms with Gasteiger partial charge in [0, 0.05) is 11.3 Å². The summed E-state index contributed by atoms with van der Waals surface area (Å²) >= 11 is 6.47. The van der Waals surface area contributed by atoms with E-state index >= 15 is 0 Å². The summed E-state index contributed by atoms with van der Waals surface area (Å²) in [5.41, 5.74) is 7.55. The Morgan fingerprint density at radius 3 is 2.40 bits per heavy atom. The van der Waals surface area contributed by atoms with E-state index in [4.69, 9.17) is 22.7 Å². The lowest BCUT2D eigenvalue weighted by atomic mass is 10.1. The third kappa shape index (κ3) is 5.92. The average Bonchev–Trinajstić information content (AvgIpc) is 2.42. The predicted octanol–water partition coefficient (Wildman–Crippen LogP) is 3.14. The van der Waals surface area contributed by atoms with Gasteiger partial charge in [-0.25, -0.2) is 0 Å². The summed E-state index contributed by atoms with van der Waals surface area (Å²) in [6, 6.07) is 7.77. The van der Waals surface area contributed by atoms with Gasteiger partial charge in [0.2, 0.25) is 0 Å². The van der Waals surface area contributed by atoms with Crippen LogP contribution < -0.4 is 5.73 Å². The number of nitrogens with two attached hydrogens (primary N) is 1. The predicted molar refractivity (Wildman–Crippen MR) is 88.9 cm³/mol. The quantitative estimate of drug-likeness (QED) is 0.619. The minimum atomic E-state index is -0.163. The van der Waals surface area contributed by atoms with Gasteiger partial charge < -0.3 is 10.5 Å². The molecule has 0 heterocycles. The fraction of sp³-hybridized carbons (Fsp3) is 0.467. The topological polar surface area (TPSA) is 52.3 Å². The zero-order valence-electron chi connectivity index (χ0n) is 12.1. The highest BCUT2D eigenvalue weighted by Crippen LogP contribution is 2.19. The molecule has 0 aliphatic carbocycles. The molecule has 0 spiro atoms. The van der Waals surface area contributed by atoms with Gasteiger partial charge in [-0.05, 0) is 18.4 Å². The number of thiocarbonyl (C=S) groups is 1. The maximum Gasteiger partial charge on any atom is 0.318 e. The summed E-state index contributed by atoms with van der Waals surface area (Å²) < 4.78 is 5.21. The van der Waals surface area contributed by atoms with Gasteiger partial charge in [-0.3, -0.25) is 4.79 Å². The van der Waals surface area contributed by atoms with Crippen LogP contribution in [-0.4, -0.2) is 22.8 Å². The number of ether oxygens (including phenoxy) is 1. The van der Waals surface area contributed by atoms with E-state index in [1.807, 2.05) is 45.0 Å². The molecule has 0 bridgehead atoms. The largest absolute Gasteiger partial charge is 0.465 e. The first-order valence-electron chi connectivity index (χ1n) is 6.57. The molecule has 0 fully saturated rings. The van der Waals surface area contributed by atoms with E-state index in [1.165, 1.54) is 0 Å². The van der Waals surface area contributed by atoms with Gasteiger partial charge in [-0.1, -0.05) is 50.3 Å². The van der Waals surface area contributed by atoms with Crippen molar-refractivity contribution in [2.75, 3.05) is 6.61 Å². The average molecular weight is 311 g/mol. The molecule has 110 valence electrons. The van der Waals surface area contributed by atoms with Crippen molar-refractivity contribution in [1.29, 1.82) is 0 Å². The molecule has 0 aliphatic rings. The van der Waals surface area contributed by atoms with Crippen LogP contribution in [0.3, 0.4) is 0 Å². The number of carbonyl (C=O) groups excluding carboxylic acids is 1. The lowest BCUT2D eigenvalue weighted by Crippen LogP contribution is -2.19. The van der Waals surface area contributed by atoms with Crippen LogP contribution in [0.4, 0.5) is 0 Å². The second kappa shape index (κ2) is 8.27. The van der Waals surface area contributed by atoms with Gasteiger partial charge in [-0.15, -0.1) is 11.8 Å². The first-order chi connectivity index (χ1) is 9.40. The van der Waals surface area contributed by atoms with Crippen LogP contribution in [0.5, 0.6) is 0 Å². The normalized spacial score (nSPS) is 12.2. The summed E-state index contributed by atoms with van der Waals surface area (Å²) in [4.78, 5) is 12.1. The molecule has 1 rings (SSSR count). The number of rotatable bonds is 7. The Labute approximate surface area is 130 Å². The van der Waals surface area contributed by atoms with Gasteiger partial charge >= 0.3 is 5.97 Å². The molecular weight excluding hydrogens is 290 g/mol. The van der Waals surface area contributed by atoms with Gasteiger partial charge in [0.05, 0.1) is 11.9 Å². The molecule has 0 saturated heterocycles. The molecule has 1 atom stereocenters. The molecule has 0 amide bonds. The van der Waals surface area contributed by atoms with Crippen molar-refractivity contribution >= 4 is 34.9 Å². The van der Waals surface area contributed by atoms with Gasteiger partial charge in [-0.2, -0.15) is 0 Å². The number of benzene rings is 1. The molecular formula is C15H21NO2S2. The lowest BCUT2D eigenvalue weighted by Gasteiger charge is -2.12. The van der Waals surface area contributed by atoms with Crippen molar-refractivity contribution in [1.82, 2.24) is 0 Å². The molecule has 1 aromatic carbocycles. The van der Waals surface area contributed by atoms with E-state index in [0.29, 0.717) is 17.5 Å². The second-order valence-electron chi connectivity index (χ2n) is 5.04. The van der Waals surface area contributed by atoms with Crippen LogP contribution in [0.2, 0.25) is 0 Å². The summed E-state index contributed by atoms with van der Waals surface area (Å²) in [6.07, 6.45) is 0. The van der Waals surface area contributed by atoms with Crippen molar-refractivity contribution in [2.45, 2.75) is 31.8 Å². The third-order valence-corrected chi connectivity index (χ3v) is 4.06. The van der Waals surface area contributed by atoms with Crippen molar-refractivity contribution in [3.05, 3.63) is 35.4 Å². The van der Waals surface area contributed by atoms with Crippen LogP contribution in [-0.2, 0) is 15.3 Å². The molecule has 1 unspecified atom stereocenters. The monoisotopic (exact) mass is 311 g/mol. The van der Waals surface area contributed by atoms with E-state index in [1.54, 1.807) is 11.8 Å². The van der Waals surface area contributed by atoms with E-state index in [9.17, 15) is 4.79 Å². The van der Waals surface area contributed by atoms with Gasteiger partial charge in [0.1, 0.15) is 4.99 Å². The molecule has 0 aromatic heterocycles. The minimum Gasteiger partial charge on any atom is -0.465 e. The van der Waals surface area contributed by atoms with E-state index in [-0.39, 0.29) is 11.2 Å². The van der Waals surface area contributed by atoms with E-state index < -0.39 is 0 Å². The minimum absolute atomic E-state index is 0.150. The summed E-state index contributed by atoms with van der Waals surface area (Å²) in [5, 5.41) is -0.163. The number of carbonyl (C=O) groups is 1. The smallest absolute Gasteiger partial charge is 0.318 e. The Bertz CT molecular complexity index is 457. The fourth-order valence-corrected chi connectivity index (χ4v) is 2.40. The Morgan fingerprint density at radius 2 is 1.90 bits per heavy atom. The maximum absolute atomic E-state index is 11.7. The molecule has 1 aromatic rings. The van der Waals surface area contributed by atoms with Gasteiger partial charge in [0.15, 0.2) is 0 Å². The molecule has 0 radical (unpaired) electrons. The van der Waals surface area contributed by atoms with Crippen molar-refractivity contribution in [2.24, 2.45) is 11.7 Å². The zero-order valence-corrected chi connectivity index (χ0v) is 13.7. The van der Waals surface area contributed by atoms with Crippen LogP contribution in [0, 0.1) is 5.92 Å². The number of hydrogen-bond acceptors (Lipinski definition) is 4. The maximum atomic E-state index is 11.7. The molecule has 3 nitrogen and oxygen atoms in total. The Hall–Kier alpha value is -1.07. The Kier molecular flexibility index (Phi) is 7.02. The van der Waals surface area contributed by atoms with Crippen molar-refractivity contribution in [3.8, 4) is 0 Å². The highest BCUT2D eigenvalue weighted by molar-refractivity contribution is 7.99. The Balaban J connectivity index is 2.42. The fourth-order valence-electron chi connectivity index (χ4n) is 1.42. The summed E-state index contributed by atoms with van der Waals surface area (Å²) in [5.74, 6) is 0.975. The Morgan fingerprint density at radius 1 is 1.30 bits per heavy atom. The van der Waals surface area contributed by atoms with Gasteiger partial charge in [0.25, 0.3) is 0 Å².